The maximum absolute atomic E-state index is 12.4. The van der Waals surface area contributed by atoms with Crippen LogP contribution in [0.1, 0.15) is 25.3 Å². The Kier molecular flexibility index (Phi) is 5.18. The van der Waals surface area contributed by atoms with Gasteiger partial charge in [-0.25, -0.2) is 10.3 Å². The van der Waals surface area contributed by atoms with E-state index < -0.39 is 22.7 Å². The second-order valence-electron chi connectivity index (χ2n) is 5.43. The van der Waals surface area contributed by atoms with Gasteiger partial charge in [0.1, 0.15) is 0 Å². The fraction of sp³-hybridized carbons (Fsp3) is 0.250. The zero-order valence-corrected chi connectivity index (χ0v) is 13.8. The largest absolute Gasteiger partial charge is 0.478 e. The summed E-state index contributed by atoms with van der Waals surface area (Å²) in [5, 5.41) is 23.5. The molecule has 132 valence electrons. The number of rotatable bonds is 5. The first-order chi connectivity index (χ1) is 11.8. The first-order valence-electron chi connectivity index (χ1n) is 7.27. The Morgan fingerprint density at radius 1 is 1.28 bits per heavy atom. The van der Waals surface area contributed by atoms with Gasteiger partial charge in [0.15, 0.2) is 0 Å². The van der Waals surface area contributed by atoms with Crippen molar-refractivity contribution in [2.75, 3.05) is 7.11 Å². The molecule has 1 heterocycles. The van der Waals surface area contributed by atoms with Crippen molar-refractivity contribution >= 4 is 17.6 Å². The highest BCUT2D eigenvalue weighted by Gasteiger charge is 2.37. The fourth-order valence-electron chi connectivity index (χ4n) is 2.88. The smallest absolute Gasteiger partial charge is 0.334 e. The zero-order chi connectivity index (χ0) is 18.7. The first kappa shape index (κ1) is 18.1. The number of nitrogens with zero attached hydrogens (tertiary/aromatic N) is 1. The monoisotopic (exact) mass is 347 g/mol. The highest BCUT2D eigenvalue weighted by molar-refractivity contribution is 6.01. The zero-order valence-electron chi connectivity index (χ0n) is 13.8. The first-order valence-corrected chi connectivity index (χ1v) is 7.27. The van der Waals surface area contributed by atoms with E-state index in [2.05, 4.69) is 15.6 Å². The molecule has 0 aliphatic carbocycles. The summed E-state index contributed by atoms with van der Waals surface area (Å²) in [4.78, 5) is 39.3. The molecule has 0 fully saturated rings. The lowest BCUT2D eigenvalue weighted by atomic mass is 9.80. The Morgan fingerprint density at radius 2 is 1.92 bits per heavy atom. The summed E-state index contributed by atoms with van der Waals surface area (Å²) in [6.45, 7) is 3.19. The van der Waals surface area contributed by atoms with E-state index in [9.17, 15) is 24.8 Å². The fourth-order valence-corrected chi connectivity index (χ4v) is 2.88. The molecule has 0 saturated carbocycles. The van der Waals surface area contributed by atoms with Crippen LogP contribution in [0.3, 0.4) is 0 Å². The molecule has 0 spiro atoms. The second-order valence-corrected chi connectivity index (χ2v) is 5.43. The van der Waals surface area contributed by atoms with Crippen molar-refractivity contribution in [1.82, 2.24) is 10.8 Å². The Bertz CT molecular complexity index is 812. The van der Waals surface area contributed by atoms with Crippen molar-refractivity contribution in [2.24, 2.45) is 0 Å². The van der Waals surface area contributed by atoms with E-state index in [0.29, 0.717) is 17.0 Å². The summed E-state index contributed by atoms with van der Waals surface area (Å²) < 4.78 is 0. The minimum Gasteiger partial charge on any atom is -0.478 e. The molecule has 0 aromatic heterocycles. The van der Waals surface area contributed by atoms with Gasteiger partial charge in [0.2, 0.25) is 0 Å². The molecule has 2 rings (SSSR count). The van der Waals surface area contributed by atoms with Crippen molar-refractivity contribution in [3.63, 3.8) is 0 Å². The Hall–Kier alpha value is -3.20. The van der Waals surface area contributed by atoms with E-state index >= 15 is 0 Å². The Morgan fingerprint density at radius 3 is 2.48 bits per heavy atom. The van der Waals surface area contributed by atoms with Gasteiger partial charge < -0.3 is 10.4 Å². The molecular formula is C16H17N3O6. The van der Waals surface area contributed by atoms with Crippen molar-refractivity contribution < 1.29 is 24.5 Å². The number of amides is 1. The van der Waals surface area contributed by atoms with Crippen LogP contribution < -0.4 is 10.8 Å². The van der Waals surface area contributed by atoms with Gasteiger partial charge in [-0.15, -0.1) is 0 Å². The van der Waals surface area contributed by atoms with Gasteiger partial charge in [-0.3, -0.25) is 19.7 Å². The van der Waals surface area contributed by atoms with Crippen molar-refractivity contribution in [2.45, 2.75) is 19.8 Å². The van der Waals surface area contributed by atoms with Crippen LogP contribution in [0.15, 0.2) is 46.8 Å². The summed E-state index contributed by atoms with van der Waals surface area (Å²) in [6.07, 6.45) is 0. The number of hydroxylamine groups is 1. The minimum atomic E-state index is -1.23. The van der Waals surface area contributed by atoms with Crippen LogP contribution in [-0.2, 0) is 14.4 Å². The number of carboxylic acids is 1. The lowest BCUT2D eigenvalue weighted by Crippen LogP contribution is -2.35. The normalized spacial score (nSPS) is 17.2. The van der Waals surface area contributed by atoms with Crippen LogP contribution in [0.2, 0.25) is 0 Å². The maximum atomic E-state index is 12.4. The average Bonchev–Trinajstić information content (AvgIpc) is 2.53. The van der Waals surface area contributed by atoms with E-state index in [0.717, 1.165) is 0 Å². The number of allylic oxidation sites excluding steroid dienone is 2. The number of dihydropyridines is 1. The number of carboxylic acid groups (broad SMARTS) is 1. The van der Waals surface area contributed by atoms with Gasteiger partial charge in [-0.05, 0) is 19.4 Å². The number of non-ortho nitro benzene ring substituents is 1. The standard InChI is InChI=1S/C16H17N3O6/c1-8-12(15(20)18-25-3)14(13(16(21)22)9(2)17-8)10-5-4-6-11(7-10)19(23)24/h4-7,14,17H,1-3H3,(H,18,20)(H,21,22). The third-order valence-corrected chi connectivity index (χ3v) is 3.84. The van der Waals surface area contributed by atoms with E-state index in [1.807, 2.05) is 0 Å². The van der Waals surface area contributed by atoms with Crippen LogP contribution in [-0.4, -0.2) is 29.0 Å². The van der Waals surface area contributed by atoms with Gasteiger partial charge >= 0.3 is 5.97 Å². The number of hydrogen-bond donors (Lipinski definition) is 3. The molecule has 3 N–H and O–H groups in total. The van der Waals surface area contributed by atoms with E-state index in [1.165, 1.54) is 25.3 Å². The molecular weight excluding hydrogens is 330 g/mol. The van der Waals surface area contributed by atoms with Crippen molar-refractivity contribution in [3.8, 4) is 0 Å². The highest BCUT2D eigenvalue weighted by Crippen LogP contribution is 2.39. The molecule has 1 aliphatic heterocycles. The van der Waals surface area contributed by atoms with E-state index in [-0.39, 0.29) is 16.8 Å². The van der Waals surface area contributed by atoms with Crippen LogP contribution in [0.5, 0.6) is 0 Å². The maximum Gasteiger partial charge on any atom is 0.334 e. The number of hydrogen-bond acceptors (Lipinski definition) is 6. The van der Waals surface area contributed by atoms with Crippen LogP contribution in [0.25, 0.3) is 0 Å². The number of carbonyl (C=O) groups is 2. The molecule has 1 aromatic rings. The Balaban J connectivity index is 2.69. The highest BCUT2D eigenvalue weighted by atomic mass is 16.6. The topological polar surface area (TPSA) is 131 Å². The molecule has 1 amide bonds. The molecule has 9 heteroatoms. The number of nitrogens with one attached hydrogen (secondary N) is 2. The van der Waals surface area contributed by atoms with Crippen LogP contribution in [0.4, 0.5) is 5.69 Å². The van der Waals surface area contributed by atoms with Gasteiger partial charge in [0.05, 0.1) is 29.1 Å². The van der Waals surface area contributed by atoms with E-state index in [4.69, 9.17) is 0 Å². The predicted octanol–water partition coefficient (Wildman–Crippen LogP) is 1.59. The lowest BCUT2D eigenvalue weighted by molar-refractivity contribution is -0.384. The Labute approximate surface area is 143 Å². The molecule has 25 heavy (non-hydrogen) atoms. The summed E-state index contributed by atoms with van der Waals surface area (Å²) in [5.74, 6) is -2.83. The lowest BCUT2D eigenvalue weighted by Gasteiger charge is -2.29. The molecule has 9 nitrogen and oxygen atoms in total. The van der Waals surface area contributed by atoms with E-state index in [1.54, 1.807) is 19.9 Å². The SMILES string of the molecule is CONC(=O)C1=C(C)NC(C)=C(C(=O)O)C1c1cccc([N+](=O)[O-])c1. The van der Waals surface area contributed by atoms with Gasteiger partial charge in [-0.2, -0.15) is 0 Å². The number of aliphatic carboxylic acids is 1. The summed E-state index contributed by atoms with van der Waals surface area (Å²) >= 11 is 0. The summed E-state index contributed by atoms with van der Waals surface area (Å²) in [7, 11) is 1.26. The summed E-state index contributed by atoms with van der Waals surface area (Å²) in [6, 6.07) is 5.56. The number of nitro benzene ring substituents is 1. The molecule has 0 saturated heterocycles. The third-order valence-electron chi connectivity index (χ3n) is 3.84. The quantitative estimate of drug-likeness (QED) is 0.544. The third kappa shape index (κ3) is 3.50. The molecule has 1 aromatic carbocycles. The minimum absolute atomic E-state index is 0.0626. The number of carbonyl (C=O) groups excluding carboxylic acids is 1. The molecule has 0 radical (unpaired) electrons. The average molecular weight is 347 g/mol. The van der Waals surface area contributed by atoms with Crippen LogP contribution in [0, 0.1) is 10.1 Å². The van der Waals surface area contributed by atoms with Gasteiger partial charge in [0, 0.05) is 23.5 Å². The number of benzene rings is 1. The van der Waals surface area contributed by atoms with Gasteiger partial charge in [0.25, 0.3) is 11.6 Å². The van der Waals surface area contributed by atoms with Crippen molar-refractivity contribution in [1.29, 1.82) is 0 Å². The number of nitro groups is 1. The van der Waals surface area contributed by atoms with Crippen LogP contribution >= 0.6 is 0 Å². The molecule has 1 atom stereocenters. The molecule has 1 aliphatic rings. The molecule has 0 bridgehead atoms. The van der Waals surface area contributed by atoms with Gasteiger partial charge in [-0.1, -0.05) is 12.1 Å². The predicted molar refractivity (Wildman–Crippen MR) is 87.2 cm³/mol. The summed E-state index contributed by atoms with van der Waals surface area (Å²) in [5.41, 5.74) is 3.15. The van der Waals surface area contributed by atoms with Crippen molar-refractivity contribution in [3.05, 3.63) is 62.5 Å². The second kappa shape index (κ2) is 7.14. The molecule has 1 unspecified atom stereocenters.